The van der Waals surface area contributed by atoms with Crippen LogP contribution < -0.4 is 10.1 Å². The Morgan fingerprint density at radius 1 is 1.31 bits per heavy atom. The number of anilines is 1. The minimum absolute atomic E-state index is 0.253. The van der Waals surface area contributed by atoms with Crippen molar-refractivity contribution in [3.8, 4) is 5.75 Å². The van der Waals surface area contributed by atoms with Crippen molar-refractivity contribution in [1.29, 1.82) is 0 Å². The van der Waals surface area contributed by atoms with Crippen LogP contribution in [0.5, 0.6) is 5.75 Å². The van der Waals surface area contributed by atoms with Gasteiger partial charge in [-0.05, 0) is 60.9 Å². The number of benzene rings is 1. The van der Waals surface area contributed by atoms with Crippen molar-refractivity contribution in [2.24, 2.45) is 11.8 Å². The Labute approximate surface area is 154 Å². The van der Waals surface area contributed by atoms with Crippen molar-refractivity contribution < 1.29 is 14.6 Å². The molecule has 1 saturated carbocycles. The first-order valence-electron chi connectivity index (χ1n) is 9.21. The molecule has 0 aliphatic heterocycles. The van der Waals surface area contributed by atoms with Gasteiger partial charge in [-0.1, -0.05) is 12.1 Å². The molecule has 0 bridgehead atoms. The highest BCUT2D eigenvalue weighted by atomic mass is 16.5. The zero-order valence-corrected chi connectivity index (χ0v) is 15.1. The zero-order chi connectivity index (χ0) is 18.4. The van der Waals surface area contributed by atoms with Gasteiger partial charge in [0.2, 0.25) is 0 Å². The first-order chi connectivity index (χ1) is 12.7. The molecule has 0 amide bonds. The summed E-state index contributed by atoms with van der Waals surface area (Å²) in [7, 11) is 1.89. The third-order valence-corrected chi connectivity index (χ3v) is 4.91. The number of ether oxygens (including phenoxy) is 1. The Bertz CT molecular complexity index is 726. The number of rotatable bonds is 10. The Balaban J connectivity index is 1.50. The van der Waals surface area contributed by atoms with Crippen LogP contribution in [0, 0.1) is 11.8 Å². The maximum Gasteiger partial charge on any atom is 0.303 e. The topological polar surface area (TPSA) is 71.5 Å². The number of carboxylic acids is 1. The van der Waals surface area contributed by atoms with E-state index in [1.807, 2.05) is 43.4 Å². The number of hydrogen-bond donors (Lipinski definition) is 2. The Morgan fingerprint density at radius 2 is 2.08 bits per heavy atom. The smallest absolute Gasteiger partial charge is 0.303 e. The van der Waals surface area contributed by atoms with Gasteiger partial charge >= 0.3 is 5.97 Å². The summed E-state index contributed by atoms with van der Waals surface area (Å²) in [6, 6.07) is 12.0. The number of carbonyl (C=O) groups is 1. The van der Waals surface area contributed by atoms with Crippen molar-refractivity contribution >= 4 is 11.7 Å². The minimum atomic E-state index is -0.697. The highest BCUT2D eigenvalue weighted by Gasteiger charge is 2.32. The fourth-order valence-electron chi connectivity index (χ4n) is 3.35. The second-order valence-electron chi connectivity index (χ2n) is 6.89. The lowest BCUT2D eigenvalue weighted by Gasteiger charge is -2.14. The Hall–Kier alpha value is -2.56. The van der Waals surface area contributed by atoms with Crippen LogP contribution in [0.25, 0.3) is 0 Å². The summed E-state index contributed by atoms with van der Waals surface area (Å²) >= 11 is 0. The molecule has 1 heterocycles. The van der Waals surface area contributed by atoms with Crippen LogP contribution in [0.2, 0.25) is 0 Å². The molecule has 1 fully saturated rings. The molecule has 1 aliphatic rings. The van der Waals surface area contributed by atoms with E-state index in [9.17, 15) is 4.79 Å². The van der Waals surface area contributed by atoms with Gasteiger partial charge in [0.15, 0.2) is 0 Å². The van der Waals surface area contributed by atoms with E-state index >= 15 is 0 Å². The maximum atomic E-state index is 11.0. The molecule has 1 aromatic carbocycles. The van der Waals surface area contributed by atoms with E-state index in [0.29, 0.717) is 12.5 Å². The van der Waals surface area contributed by atoms with Crippen molar-refractivity contribution in [3.05, 3.63) is 53.9 Å². The van der Waals surface area contributed by atoms with E-state index < -0.39 is 5.97 Å². The van der Waals surface area contributed by atoms with Crippen LogP contribution >= 0.6 is 0 Å². The lowest BCUT2D eigenvalue weighted by molar-refractivity contribution is -0.138. The van der Waals surface area contributed by atoms with Gasteiger partial charge in [-0.25, -0.2) is 0 Å². The summed E-state index contributed by atoms with van der Waals surface area (Å²) in [6.07, 6.45) is 5.96. The monoisotopic (exact) mass is 354 g/mol. The van der Waals surface area contributed by atoms with Crippen LogP contribution in [0.1, 0.15) is 30.5 Å². The van der Waals surface area contributed by atoms with Gasteiger partial charge in [-0.3, -0.25) is 9.78 Å². The maximum absolute atomic E-state index is 11.0. The molecule has 5 nitrogen and oxygen atoms in total. The molecule has 0 saturated heterocycles. The number of aliphatic carboxylic acids is 1. The average Bonchev–Trinajstić information content (AvgIpc) is 3.48. The summed E-state index contributed by atoms with van der Waals surface area (Å²) in [5, 5.41) is 12.2. The molecule has 3 rings (SSSR count). The number of carboxylic acid groups (broad SMARTS) is 1. The first-order valence-corrected chi connectivity index (χ1v) is 9.21. The molecular formula is C21H26N2O3. The number of nitrogens with zero attached hydrogens (tertiary/aromatic N) is 1. The molecule has 1 atom stereocenters. The molecule has 26 heavy (non-hydrogen) atoms. The second-order valence-corrected chi connectivity index (χ2v) is 6.89. The summed E-state index contributed by atoms with van der Waals surface area (Å²) in [5.74, 6) is 0.972. The SMILES string of the molecule is CNc1cccnc1CCOc1ccc(CC(CC(=O)O)C2CC2)cc1. The molecule has 1 aromatic heterocycles. The molecule has 0 radical (unpaired) electrons. The van der Waals surface area contributed by atoms with E-state index in [1.54, 1.807) is 6.20 Å². The molecule has 138 valence electrons. The molecular weight excluding hydrogens is 328 g/mol. The van der Waals surface area contributed by atoms with Crippen LogP contribution in [-0.2, 0) is 17.6 Å². The summed E-state index contributed by atoms with van der Waals surface area (Å²) < 4.78 is 5.83. The molecule has 1 unspecified atom stereocenters. The third-order valence-electron chi connectivity index (χ3n) is 4.91. The van der Waals surface area contributed by atoms with Crippen molar-refractivity contribution in [2.75, 3.05) is 19.0 Å². The van der Waals surface area contributed by atoms with Gasteiger partial charge in [0, 0.05) is 26.1 Å². The van der Waals surface area contributed by atoms with Crippen LogP contribution in [0.15, 0.2) is 42.6 Å². The minimum Gasteiger partial charge on any atom is -0.493 e. The quantitative estimate of drug-likeness (QED) is 0.679. The van der Waals surface area contributed by atoms with E-state index in [2.05, 4.69) is 10.3 Å². The largest absolute Gasteiger partial charge is 0.493 e. The Kier molecular flexibility index (Phi) is 6.10. The second kappa shape index (κ2) is 8.70. The highest BCUT2D eigenvalue weighted by molar-refractivity contribution is 5.67. The molecule has 2 N–H and O–H groups in total. The van der Waals surface area contributed by atoms with Gasteiger partial charge in [-0.2, -0.15) is 0 Å². The normalized spacial score (nSPS) is 14.7. The van der Waals surface area contributed by atoms with Crippen LogP contribution in [0.4, 0.5) is 5.69 Å². The zero-order valence-electron chi connectivity index (χ0n) is 15.1. The number of pyridine rings is 1. The predicted octanol–water partition coefficient (Wildman–Crippen LogP) is 3.79. The van der Waals surface area contributed by atoms with Gasteiger partial charge in [0.05, 0.1) is 18.0 Å². The third kappa shape index (κ3) is 5.22. The predicted molar refractivity (Wildman–Crippen MR) is 102 cm³/mol. The van der Waals surface area contributed by atoms with Crippen LogP contribution in [-0.4, -0.2) is 29.7 Å². The van der Waals surface area contributed by atoms with Crippen molar-refractivity contribution in [1.82, 2.24) is 4.98 Å². The fourth-order valence-corrected chi connectivity index (χ4v) is 3.35. The number of aromatic nitrogens is 1. The van der Waals surface area contributed by atoms with Crippen LogP contribution in [0.3, 0.4) is 0 Å². The van der Waals surface area contributed by atoms with Crippen molar-refractivity contribution in [2.45, 2.75) is 32.1 Å². The lowest BCUT2D eigenvalue weighted by Crippen LogP contribution is -2.12. The van der Waals surface area contributed by atoms with Gasteiger partial charge in [0.25, 0.3) is 0 Å². The summed E-state index contributed by atoms with van der Waals surface area (Å²) in [4.78, 5) is 15.4. The van der Waals surface area contributed by atoms with Crippen molar-refractivity contribution in [3.63, 3.8) is 0 Å². The molecule has 1 aliphatic carbocycles. The fraction of sp³-hybridized carbons (Fsp3) is 0.429. The number of hydrogen-bond acceptors (Lipinski definition) is 4. The van der Waals surface area contributed by atoms with E-state index in [0.717, 1.165) is 30.0 Å². The Morgan fingerprint density at radius 3 is 2.73 bits per heavy atom. The molecule has 5 heteroatoms. The number of nitrogens with one attached hydrogen (secondary N) is 1. The van der Waals surface area contributed by atoms with Gasteiger partial charge < -0.3 is 15.2 Å². The van der Waals surface area contributed by atoms with E-state index in [1.165, 1.54) is 18.4 Å². The molecule has 2 aromatic rings. The van der Waals surface area contributed by atoms with Gasteiger partial charge in [-0.15, -0.1) is 0 Å². The standard InChI is InChI=1S/C21H26N2O3/c1-22-19-3-2-11-23-20(19)10-12-26-18-8-4-15(5-9-18)13-17(14-21(24)25)16-6-7-16/h2-5,8-9,11,16-17,22H,6-7,10,12-14H2,1H3,(H,24,25). The lowest BCUT2D eigenvalue weighted by atomic mass is 9.92. The highest BCUT2D eigenvalue weighted by Crippen LogP contribution is 2.40. The average molecular weight is 354 g/mol. The first kappa shape index (κ1) is 18.2. The van der Waals surface area contributed by atoms with E-state index in [-0.39, 0.29) is 12.3 Å². The van der Waals surface area contributed by atoms with Gasteiger partial charge in [0.1, 0.15) is 5.75 Å². The summed E-state index contributed by atoms with van der Waals surface area (Å²) in [6.45, 7) is 0.564. The molecule has 0 spiro atoms. The summed E-state index contributed by atoms with van der Waals surface area (Å²) in [5.41, 5.74) is 3.20. The van der Waals surface area contributed by atoms with E-state index in [4.69, 9.17) is 9.84 Å².